The van der Waals surface area contributed by atoms with Crippen molar-refractivity contribution in [2.24, 2.45) is 0 Å². The van der Waals surface area contributed by atoms with Crippen LogP contribution in [0.2, 0.25) is 0 Å². The van der Waals surface area contributed by atoms with Crippen LogP contribution in [0.25, 0.3) is 0 Å². The first-order chi connectivity index (χ1) is 9.56. The third kappa shape index (κ3) is 3.73. The molecule has 0 aromatic heterocycles. The van der Waals surface area contributed by atoms with E-state index in [4.69, 9.17) is 4.74 Å². The van der Waals surface area contributed by atoms with E-state index in [1.165, 1.54) is 28.8 Å². The first kappa shape index (κ1) is 14.4. The molecule has 0 amide bonds. The lowest BCUT2D eigenvalue weighted by molar-refractivity contribution is 0.330. The quantitative estimate of drug-likeness (QED) is 0.823. The number of nitrogens with one attached hydrogen (secondary N) is 1. The van der Waals surface area contributed by atoms with Gasteiger partial charge in [-0.1, -0.05) is 12.1 Å². The van der Waals surface area contributed by atoms with Crippen LogP contribution in [0.3, 0.4) is 0 Å². The van der Waals surface area contributed by atoms with Crippen LogP contribution in [0.15, 0.2) is 36.4 Å². The van der Waals surface area contributed by atoms with Gasteiger partial charge in [0.05, 0.1) is 0 Å². The molecular formula is C17H20FNO. The molecule has 2 rings (SSSR count). The summed E-state index contributed by atoms with van der Waals surface area (Å²) in [6.07, 6.45) is 0. The van der Waals surface area contributed by atoms with Crippen molar-refractivity contribution in [3.05, 3.63) is 58.9 Å². The Hall–Kier alpha value is -2.03. The van der Waals surface area contributed by atoms with Gasteiger partial charge in [-0.15, -0.1) is 0 Å². The Morgan fingerprint density at radius 3 is 2.65 bits per heavy atom. The summed E-state index contributed by atoms with van der Waals surface area (Å²) in [6, 6.07) is 10.6. The summed E-state index contributed by atoms with van der Waals surface area (Å²) < 4.78 is 18.8. The number of ether oxygens (including phenoxy) is 1. The van der Waals surface area contributed by atoms with E-state index in [0.29, 0.717) is 13.2 Å². The molecule has 0 radical (unpaired) electrons. The van der Waals surface area contributed by atoms with Crippen molar-refractivity contribution in [1.82, 2.24) is 0 Å². The Kier molecular flexibility index (Phi) is 4.61. The average molecular weight is 273 g/mol. The molecule has 3 heteroatoms. The fourth-order valence-corrected chi connectivity index (χ4v) is 2.11. The lowest BCUT2D eigenvalue weighted by atomic mass is 10.1. The van der Waals surface area contributed by atoms with Crippen LogP contribution in [-0.2, 0) is 0 Å². The van der Waals surface area contributed by atoms with Gasteiger partial charge < -0.3 is 10.1 Å². The van der Waals surface area contributed by atoms with Gasteiger partial charge >= 0.3 is 0 Å². The summed E-state index contributed by atoms with van der Waals surface area (Å²) in [7, 11) is 0. The van der Waals surface area contributed by atoms with Crippen LogP contribution in [0.4, 0.5) is 10.1 Å². The molecule has 0 saturated carbocycles. The van der Waals surface area contributed by atoms with Crippen LogP contribution in [-0.4, -0.2) is 13.2 Å². The fraction of sp³-hybridized carbons (Fsp3) is 0.294. The second-order valence-corrected chi connectivity index (χ2v) is 4.99. The Labute approximate surface area is 119 Å². The number of halogens is 1. The normalized spacial score (nSPS) is 10.4. The molecule has 2 nitrogen and oxygen atoms in total. The minimum atomic E-state index is -0.235. The van der Waals surface area contributed by atoms with Gasteiger partial charge in [0.25, 0.3) is 0 Å². The molecular weight excluding hydrogens is 253 g/mol. The van der Waals surface area contributed by atoms with Gasteiger partial charge in [-0.05, 0) is 61.7 Å². The maximum Gasteiger partial charge on any atom is 0.125 e. The van der Waals surface area contributed by atoms with E-state index >= 15 is 0 Å². The molecule has 0 bridgehead atoms. The van der Waals surface area contributed by atoms with Gasteiger partial charge in [-0.3, -0.25) is 0 Å². The van der Waals surface area contributed by atoms with Crippen molar-refractivity contribution in [1.29, 1.82) is 0 Å². The number of rotatable bonds is 5. The smallest absolute Gasteiger partial charge is 0.125 e. The number of aryl methyl sites for hydroxylation is 2. The highest BCUT2D eigenvalue weighted by atomic mass is 19.1. The Bertz CT molecular complexity index is 596. The van der Waals surface area contributed by atoms with Crippen LogP contribution in [0, 0.1) is 26.6 Å². The topological polar surface area (TPSA) is 21.3 Å². The zero-order valence-corrected chi connectivity index (χ0v) is 12.2. The summed E-state index contributed by atoms with van der Waals surface area (Å²) >= 11 is 0. The maximum absolute atomic E-state index is 13.0. The highest BCUT2D eigenvalue weighted by molar-refractivity contribution is 5.43. The van der Waals surface area contributed by atoms with Crippen LogP contribution in [0.5, 0.6) is 5.75 Å². The SMILES string of the molecule is Cc1cc(C)c(C)c(OCCNc2cccc(F)c2)c1. The predicted molar refractivity (Wildman–Crippen MR) is 81.0 cm³/mol. The Morgan fingerprint density at radius 2 is 1.90 bits per heavy atom. The van der Waals surface area contributed by atoms with E-state index in [-0.39, 0.29) is 5.82 Å². The first-order valence-corrected chi connectivity index (χ1v) is 6.76. The predicted octanol–water partition coefficient (Wildman–Crippen LogP) is 4.24. The van der Waals surface area contributed by atoms with Gasteiger partial charge in [0.1, 0.15) is 18.2 Å². The number of benzene rings is 2. The van der Waals surface area contributed by atoms with Gasteiger partial charge in [0.2, 0.25) is 0 Å². The zero-order valence-electron chi connectivity index (χ0n) is 12.2. The van der Waals surface area contributed by atoms with Gasteiger partial charge in [0, 0.05) is 12.2 Å². The van der Waals surface area contributed by atoms with Crippen LogP contribution >= 0.6 is 0 Å². The fourth-order valence-electron chi connectivity index (χ4n) is 2.11. The zero-order chi connectivity index (χ0) is 14.5. The number of hydrogen-bond donors (Lipinski definition) is 1. The lowest BCUT2D eigenvalue weighted by Gasteiger charge is -2.13. The lowest BCUT2D eigenvalue weighted by Crippen LogP contribution is -2.12. The van der Waals surface area contributed by atoms with Crippen molar-refractivity contribution in [3.8, 4) is 5.75 Å². The number of hydrogen-bond acceptors (Lipinski definition) is 2. The standard InChI is InChI=1S/C17H20FNO/c1-12-9-13(2)14(3)17(10-12)20-8-7-19-16-6-4-5-15(18)11-16/h4-6,9-11,19H,7-8H2,1-3H3. The molecule has 0 aliphatic carbocycles. The first-order valence-electron chi connectivity index (χ1n) is 6.76. The van der Waals surface area contributed by atoms with Gasteiger partial charge in [-0.25, -0.2) is 4.39 Å². The van der Waals surface area contributed by atoms with E-state index in [1.807, 2.05) is 12.1 Å². The van der Waals surface area contributed by atoms with E-state index < -0.39 is 0 Å². The van der Waals surface area contributed by atoms with Crippen molar-refractivity contribution in [2.75, 3.05) is 18.5 Å². The third-order valence-corrected chi connectivity index (χ3v) is 3.28. The molecule has 1 N–H and O–H groups in total. The molecule has 0 aliphatic rings. The Balaban J connectivity index is 1.87. The summed E-state index contributed by atoms with van der Waals surface area (Å²) in [5, 5.41) is 3.14. The van der Waals surface area contributed by atoms with Crippen molar-refractivity contribution >= 4 is 5.69 Å². The molecule has 0 unspecified atom stereocenters. The molecule has 0 atom stereocenters. The highest BCUT2D eigenvalue weighted by Gasteiger charge is 2.03. The van der Waals surface area contributed by atoms with E-state index in [2.05, 4.69) is 32.2 Å². The number of anilines is 1. The van der Waals surface area contributed by atoms with Gasteiger partial charge in [0.15, 0.2) is 0 Å². The molecule has 0 heterocycles. The van der Waals surface area contributed by atoms with Crippen molar-refractivity contribution in [2.45, 2.75) is 20.8 Å². The minimum Gasteiger partial charge on any atom is -0.491 e. The molecule has 0 saturated heterocycles. The summed E-state index contributed by atoms with van der Waals surface area (Å²) in [5.74, 6) is 0.685. The van der Waals surface area contributed by atoms with E-state index in [0.717, 1.165) is 11.4 Å². The van der Waals surface area contributed by atoms with Crippen molar-refractivity contribution in [3.63, 3.8) is 0 Å². The minimum absolute atomic E-state index is 0.235. The molecule has 2 aromatic carbocycles. The highest BCUT2D eigenvalue weighted by Crippen LogP contribution is 2.23. The molecule has 106 valence electrons. The second-order valence-electron chi connectivity index (χ2n) is 4.99. The molecule has 2 aromatic rings. The van der Waals surface area contributed by atoms with E-state index in [1.54, 1.807) is 6.07 Å². The summed E-state index contributed by atoms with van der Waals surface area (Å²) in [4.78, 5) is 0. The third-order valence-electron chi connectivity index (χ3n) is 3.28. The largest absolute Gasteiger partial charge is 0.491 e. The van der Waals surface area contributed by atoms with Gasteiger partial charge in [-0.2, -0.15) is 0 Å². The van der Waals surface area contributed by atoms with E-state index in [9.17, 15) is 4.39 Å². The molecule has 0 fully saturated rings. The molecule has 20 heavy (non-hydrogen) atoms. The monoisotopic (exact) mass is 273 g/mol. The summed E-state index contributed by atoms with van der Waals surface area (Å²) in [5.41, 5.74) is 4.37. The maximum atomic E-state index is 13.0. The Morgan fingerprint density at radius 1 is 1.10 bits per heavy atom. The second kappa shape index (κ2) is 6.42. The van der Waals surface area contributed by atoms with Crippen LogP contribution < -0.4 is 10.1 Å². The molecule has 0 aliphatic heterocycles. The summed E-state index contributed by atoms with van der Waals surface area (Å²) in [6.45, 7) is 7.38. The van der Waals surface area contributed by atoms with Crippen molar-refractivity contribution < 1.29 is 9.13 Å². The average Bonchev–Trinajstić information content (AvgIpc) is 2.40. The molecule has 0 spiro atoms. The van der Waals surface area contributed by atoms with Crippen LogP contribution in [0.1, 0.15) is 16.7 Å².